The third-order valence-electron chi connectivity index (χ3n) is 6.19. The van der Waals surface area contributed by atoms with Crippen molar-refractivity contribution in [3.05, 3.63) is 0 Å². The van der Waals surface area contributed by atoms with E-state index in [1.54, 1.807) is 0 Å². The van der Waals surface area contributed by atoms with Crippen molar-refractivity contribution < 1.29 is 24.1 Å². The molecule has 1 aliphatic heterocycles. The zero-order chi connectivity index (χ0) is 20.9. The number of ether oxygens (including phenoxy) is 2. The summed E-state index contributed by atoms with van der Waals surface area (Å²) in [6.45, 7) is 18.6. The van der Waals surface area contributed by atoms with Gasteiger partial charge in [0.25, 0.3) is 0 Å². The summed E-state index contributed by atoms with van der Waals surface area (Å²) in [5, 5.41) is 19.7. The zero-order valence-corrected chi connectivity index (χ0v) is 19.9. The van der Waals surface area contributed by atoms with E-state index in [0.717, 1.165) is 19.3 Å². The topological polar surface area (TPSA) is 68.2 Å². The molecule has 5 nitrogen and oxygen atoms in total. The van der Waals surface area contributed by atoms with E-state index in [9.17, 15) is 5.11 Å². The fraction of sp³-hybridized carbons (Fsp3) is 1.00. The molecule has 1 heterocycles. The molecule has 0 spiro atoms. The van der Waals surface area contributed by atoms with Gasteiger partial charge >= 0.3 is 0 Å². The lowest BCUT2D eigenvalue weighted by molar-refractivity contribution is -0.299. The smallest absolute Gasteiger partial charge is 0.191 e. The van der Waals surface area contributed by atoms with Crippen molar-refractivity contribution in [2.24, 2.45) is 11.8 Å². The molecule has 0 bridgehead atoms. The molecule has 2 N–H and O–H groups in total. The summed E-state index contributed by atoms with van der Waals surface area (Å²) < 4.78 is 18.5. The van der Waals surface area contributed by atoms with Gasteiger partial charge in [0.05, 0.1) is 18.8 Å². The Morgan fingerprint density at radius 2 is 1.81 bits per heavy atom. The van der Waals surface area contributed by atoms with E-state index in [-0.39, 0.29) is 23.7 Å². The first-order chi connectivity index (χ1) is 12.3. The molecule has 27 heavy (non-hydrogen) atoms. The Kier molecular flexibility index (Phi) is 9.44. The lowest BCUT2D eigenvalue weighted by atomic mass is 9.93. The minimum absolute atomic E-state index is 0.0679. The van der Waals surface area contributed by atoms with Crippen LogP contribution in [0.25, 0.3) is 0 Å². The summed E-state index contributed by atoms with van der Waals surface area (Å²) in [6.07, 6.45) is 2.57. The van der Waals surface area contributed by atoms with Crippen LogP contribution in [-0.2, 0) is 13.9 Å². The lowest BCUT2D eigenvalue weighted by Crippen LogP contribution is -2.50. The van der Waals surface area contributed by atoms with Gasteiger partial charge in [-0.15, -0.1) is 0 Å². The molecule has 0 aromatic carbocycles. The van der Waals surface area contributed by atoms with Crippen molar-refractivity contribution in [3.8, 4) is 0 Å². The van der Waals surface area contributed by atoms with Crippen LogP contribution >= 0.6 is 0 Å². The summed E-state index contributed by atoms with van der Waals surface area (Å²) in [7, 11) is -1.83. The van der Waals surface area contributed by atoms with Gasteiger partial charge in [-0.3, -0.25) is 0 Å². The van der Waals surface area contributed by atoms with Gasteiger partial charge in [0, 0.05) is 25.6 Å². The Hall–Kier alpha value is 0.0169. The minimum Gasteiger partial charge on any atom is -0.416 e. The molecule has 1 fully saturated rings. The van der Waals surface area contributed by atoms with E-state index >= 15 is 0 Å². The quantitative estimate of drug-likeness (QED) is 0.531. The van der Waals surface area contributed by atoms with E-state index in [0.29, 0.717) is 25.6 Å². The first-order valence-corrected chi connectivity index (χ1v) is 13.4. The summed E-state index contributed by atoms with van der Waals surface area (Å²) in [5.41, 5.74) is 0. The fourth-order valence-corrected chi connectivity index (χ4v) is 4.13. The maximum atomic E-state index is 10.5. The van der Waals surface area contributed by atoms with Crippen LogP contribution < -0.4 is 0 Å². The van der Waals surface area contributed by atoms with Gasteiger partial charge < -0.3 is 24.1 Å². The Balaban J connectivity index is 2.64. The second-order valence-electron chi connectivity index (χ2n) is 10.3. The number of hydrogen-bond acceptors (Lipinski definition) is 5. The monoisotopic (exact) mass is 404 g/mol. The van der Waals surface area contributed by atoms with Crippen molar-refractivity contribution in [3.63, 3.8) is 0 Å². The van der Waals surface area contributed by atoms with E-state index in [1.807, 2.05) is 13.8 Å². The lowest BCUT2D eigenvalue weighted by Gasteiger charge is -2.44. The molecule has 0 aromatic rings. The molecular formula is C21H44O5Si. The van der Waals surface area contributed by atoms with Crippen molar-refractivity contribution in [1.82, 2.24) is 0 Å². The molecule has 0 saturated carbocycles. The normalized spacial score (nSPS) is 26.0. The van der Waals surface area contributed by atoms with Crippen molar-refractivity contribution in [2.75, 3.05) is 19.8 Å². The van der Waals surface area contributed by atoms with Gasteiger partial charge in [0.2, 0.25) is 0 Å². The Morgan fingerprint density at radius 1 is 1.19 bits per heavy atom. The maximum absolute atomic E-state index is 10.5. The molecule has 1 aliphatic rings. The fourth-order valence-electron chi connectivity index (χ4n) is 3.07. The molecular weight excluding hydrogens is 360 g/mol. The van der Waals surface area contributed by atoms with Crippen LogP contribution in [0.15, 0.2) is 0 Å². The molecule has 162 valence electrons. The minimum atomic E-state index is -1.83. The summed E-state index contributed by atoms with van der Waals surface area (Å²) >= 11 is 0. The Morgan fingerprint density at radius 3 is 2.37 bits per heavy atom. The van der Waals surface area contributed by atoms with E-state index in [2.05, 4.69) is 40.8 Å². The molecule has 0 aromatic heterocycles. The predicted molar refractivity (Wildman–Crippen MR) is 112 cm³/mol. The first kappa shape index (κ1) is 25.1. The van der Waals surface area contributed by atoms with Crippen LogP contribution in [0.4, 0.5) is 0 Å². The summed E-state index contributed by atoms with van der Waals surface area (Å²) in [6, 6.07) is 0. The molecule has 1 saturated heterocycles. The molecule has 1 unspecified atom stereocenters. The van der Waals surface area contributed by atoms with Gasteiger partial charge in [0.15, 0.2) is 14.1 Å². The highest BCUT2D eigenvalue weighted by Gasteiger charge is 2.41. The Labute approximate surface area is 167 Å². The van der Waals surface area contributed by atoms with Crippen LogP contribution in [0.5, 0.6) is 0 Å². The van der Waals surface area contributed by atoms with E-state index < -0.39 is 20.2 Å². The molecule has 6 heteroatoms. The SMILES string of the molecule is C[C@@H](CCO)CCC(O)C[C@H]1OC(C)(C)OC[C@@H]1CO[Si](C)(C)C(C)(C)C. The second-order valence-corrected chi connectivity index (χ2v) is 15.1. The molecule has 0 aliphatic carbocycles. The van der Waals surface area contributed by atoms with Crippen LogP contribution in [0.3, 0.4) is 0 Å². The summed E-state index contributed by atoms with van der Waals surface area (Å²) in [5.74, 6) is -0.0618. The molecule has 4 atom stereocenters. The highest BCUT2D eigenvalue weighted by molar-refractivity contribution is 6.74. The predicted octanol–water partition coefficient (Wildman–Crippen LogP) is 4.33. The number of hydrogen-bond donors (Lipinski definition) is 2. The van der Waals surface area contributed by atoms with Crippen molar-refractivity contribution >= 4 is 8.32 Å². The highest BCUT2D eigenvalue weighted by Crippen LogP contribution is 2.38. The van der Waals surface area contributed by atoms with Crippen LogP contribution in [0, 0.1) is 11.8 Å². The van der Waals surface area contributed by atoms with Crippen molar-refractivity contribution in [2.45, 2.75) is 103 Å². The van der Waals surface area contributed by atoms with E-state index in [1.165, 1.54) is 0 Å². The molecule has 0 amide bonds. The highest BCUT2D eigenvalue weighted by atomic mass is 28.4. The zero-order valence-electron chi connectivity index (χ0n) is 18.9. The average Bonchev–Trinajstić information content (AvgIpc) is 2.50. The first-order valence-electron chi connectivity index (χ1n) is 10.5. The number of rotatable bonds is 10. The second kappa shape index (κ2) is 10.2. The summed E-state index contributed by atoms with van der Waals surface area (Å²) in [4.78, 5) is 0. The largest absolute Gasteiger partial charge is 0.416 e. The van der Waals surface area contributed by atoms with Gasteiger partial charge in [-0.25, -0.2) is 0 Å². The van der Waals surface area contributed by atoms with Gasteiger partial charge in [-0.2, -0.15) is 0 Å². The third kappa shape index (κ3) is 8.50. The third-order valence-corrected chi connectivity index (χ3v) is 10.7. The van der Waals surface area contributed by atoms with Gasteiger partial charge in [-0.05, 0) is 57.2 Å². The molecule has 0 radical (unpaired) electrons. The van der Waals surface area contributed by atoms with Gasteiger partial charge in [0.1, 0.15) is 0 Å². The van der Waals surface area contributed by atoms with Crippen LogP contribution in [0.2, 0.25) is 18.1 Å². The Bertz CT molecular complexity index is 433. The number of aliphatic hydroxyl groups excluding tert-OH is 2. The molecule has 1 rings (SSSR count). The van der Waals surface area contributed by atoms with Crippen LogP contribution in [0.1, 0.15) is 67.2 Å². The number of aliphatic hydroxyl groups is 2. The maximum Gasteiger partial charge on any atom is 0.191 e. The average molecular weight is 405 g/mol. The van der Waals surface area contributed by atoms with Gasteiger partial charge in [-0.1, -0.05) is 27.7 Å². The van der Waals surface area contributed by atoms with Crippen LogP contribution in [-0.4, -0.2) is 56.3 Å². The van der Waals surface area contributed by atoms with E-state index in [4.69, 9.17) is 19.0 Å². The van der Waals surface area contributed by atoms with Crippen molar-refractivity contribution in [1.29, 1.82) is 0 Å². The standard InChI is InChI=1S/C21H44O5Si/c1-16(11-12-22)9-10-18(23)13-19-17(14-24-21(5,6)26-19)15-25-27(7,8)20(2,3)4/h16-19,22-23H,9-15H2,1-8H3/t16-,17-,18?,19-/m1/s1.